The molecule has 0 saturated carbocycles. The van der Waals surface area contributed by atoms with Gasteiger partial charge in [0.15, 0.2) is 5.92 Å². The molecule has 1 rings (SSSR count). The standard InChI is InChI=1S/C10H8ClNO7/c1-19-7-2-4(8(9(13)14)10(15)16)6(12(17)18)3-5(7)11/h2-3,8H,1H3,(H,13,14)(H,15,16). The van der Waals surface area contributed by atoms with Crippen LogP contribution in [0.1, 0.15) is 11.5 Å². The van der Waals surface area contributed by atoms with Gasteiger partial charge in [-0.3, -0.25) is 19.7 Å². The normalized spacial score (nSPS) is 10.3. The van der Waals surface area contributed by atoms with Crippen molar-refractivity contribution >= 4 is 29.2 Å². The predicted molar refractivity (Wildman–Crippen MR) is 62.7 cm³/mol. The minimum absolute atomic E-state index is 0.0465. The van der Waals surface area contributed by atoms with Crippen LogP contribution in [0.5, 0.6) is 5.75 Å². The highest BCUT2D eigenvalue weighted by Gasteiger charge is 2.35. The molecule has 0 amide bonds. The van der Waals surface area contributed by atoms with E-state index in [0.29, 0.717) is 0 Å². The van der Waals surface area contributed by atoms with Crippen molar-refractivity contribution in [2.75, 3.05) is 7.11 Å². The van der Waals surface area contributed by atoms with Crippen molar-refractivity contribution in [1.29, 1.82) is 0 Å². The number of nitro benzene ring substituents is 1. The van der Waals surface area contributed by atoms with Crippen molar-refractivity contribution in [2.45, 2.75) is 5.92 Å². The monoisotopic (exact) mass is 289 g/mol. The summed E-state index contributed by atoms with van der Waals surface area (Å²) in [6, 6.07) is 1.79. The van der Waals surface area contributed by atoms with Crippen LogP contribution in [0.25, 0.3) is 0 Å². The highest BCUT2D eigenvalue weighted by molar-refractivity contribution is 6.32. The third-order valence-corrected chi connectivity index (χ3v) is 2.60. The van der Waals surface area contributed by atoms with E-state index in [-0.39, 0.29) is 10.8 Å². The Balaban J connectivity index is 3.58. The molecule has 0 radical (unpaired) electrons. The number of hydrogen-bond acceptors (Lipinski definition) is 5. The van der Waals surface area contributed by atoms with E-state index >= 15 is 0 Å². The molecule has 8 nitrogen and oxygen atoms in total. The SMILES string of the molecule is COc1cc(C(C(=O)O)C(=O)O)c([N+](=O)[O-])cc1Cl. The minimum atomic E-state index is -2.08. The molecule has 0 unspecified atom stereocenters. The number of ether oxygens (including phenoxy) is 1. The number of carboxylic acids is 2. The van der Waals surface area contributed by atoms with E-state index in [9.17, 15) is 19.7 Å². The molecule has 0 spiro atoms. The molecule has 102 valence electrons. The zero-order valence-corrected chi connectivity index (χ0v) is 10.2. The number of methoxy groups -OCH3 is 1. The molecule has 0 fully saturated rings. The van der Waals surface area contributed by atoms with Crippen LogP contribution in [0.2, 0.25) is 5.02 Å². The van der Waals surface area contributed by atoms with E-state index in [1.165, 1.54) is 7.11 Å². The summed E-state index contributed by atoms with van der Waals surface area (Å²) in [7, 11) is 1.22. The molecule has 0 atom stereocenters. The Morgan fingerprint density at radius 3 is 2.26 bits per heavy atom. The Bertz CT molecular complexity index is 543. The molecule has 0 heterocycles. The number of benzene rings is 1. The molecule has 0 saturated heterocycles. The van der Waals surface area contributed by atoms with Crippen molar-refractivity contribution in [3.8, 4) is 5.75 Å². The second-order valence-electron chi connectivity index (χ2n) is 3.41. The fraction of sp³-hybridized carbons (Fsp3) is 0.200. The van der Waals surface area contributed by atoms with Crippen molar-refractivity contribution in [1.82, 2.24) is 0 Å². The summed E-state index contributed by atoms with van der Waals surface area (Å²) in [6.45, 7) is 0. The van der Waals surface area contributed by atoms with Gasteiger partial charge in [-0.15, -0.1) is 0 Å². The van der Waals surface area contributed by atoms with Gasteiger partial charge in [-0.2, -0.15) is 0 Å². The first-order chi connectivity index (χ1) is 8.79. The maximum Gasteiger partial charge on any atom is 0.322 e. The topological polar surface area (TPSA) is 127 Å². The molecular formula is C10H8ClNO7. The lowest BCUT2D eigenvalue weighted by Crippen LogP contribution is -2.22. The summed E-state index contributed by atoms with van der Waals surface area (Å²) < 4.78 is 4.79. The zero-order chi connectivity index (χ0) is 14.7. The molecule has 0 aliphatic heterocycles. The molecule has 0 aliphatic carbocycles. The fourth-order valence-electron chi connectivity index (χ4n) is 1.48. The second kappa shape index (κ2) is 5.53. The largest absolute Gasteiger partial charge is 0.495 e. The highest BCUT2D eigenvalue weighted by Crippen LogP contribution is 2.36. The van der Waals surface area contributed by atoms with E-state index in [1.807, 2.05) is 0 Å². The van der Waals surface area contributed by atoms with E-state index in [0.717, 1.165) is 12.1 Å². The number of carboxylic acid groups (broad SMARTS) is 2. The van der Waals surface area contributed by atoms with Crippen LogP contribution in [0.15, 0.2) is 12.1 Å². The summed E-state index contributed by atoms with van der Waals surface area (Å²) in [6.07, 6.45) is 0. The van der Waals surface area contributed by atoms with Crippen LogP contribution in [0.3, 0.4) is 0 Å². The van der Waals surface area contributed by atoms with Gasteiger partial charge in [0.25, 0.3) is 5.69 Å². The Hall–Kier alpha value is -2.35. The quantitative estimate of drug-likeness (QED) is 0.477. The van der Waals surface area contributed by atoms with Crippen molar-refractivity contribution in [3.05, 3.63) is 32.8 Å². The van der Waals surface area contributed by atoms with Crippen LogP contribution in [0.4, 0.5) is 5.69 Å². The van der Waals surface area contributed by atoms with Crippen LogP contribution < -0.4 is 4.74 Å². The first kappa shape index (κ1) is 14.7. The van der Waals surface area contributed by atoms with Gasteiger partial charge in [-0.1, -0.05) is 11.6 Å². The summed E-state index contributed by atoms with van der Waals surface area (Å²) >= 11 is 5.69. The molecule has 0 aromatic heterocycles. The molecule has 1 aromatic carbocycles. The molecule has 0 bridgehead atoms. The van der Waals surface area contributed by atoms with E-state index in [1.54, 1.807) is 0 Å². The first-order valence-electron chi connectivity index (χ1n) is 4.77. The maximum absolute atomic E-state index is 10.9. The van der Waals surface area contributed by atoms with Crippen molar-refractivity contribution in [2.24, 2.45) is 0 Å². The van der Waals surface area contributed by atoms with E-state index < -0.39 is 34.0 Å². The van der Waals surface area contributed by atoms with Gasteiger partial charge >= 0.3 is 11.9 Å². The number of nitro groups is 1. The molecule has 2 N–H and O–H groups in total. The van der Waals surface area contributed by atoms with Gasteiger partial charge in [0, 0.05) is 6.07 Å². The van der Waals surface area contributed by atoms with Gasteiger partial charge < -0.3 is 14.9 Å². The van der Waals surface area contributed by atoms with E-state index in [2.05, 4.69) is 0 Å². The van der Waals surface area contributed by atoms with Gasteiger partial charge in [0.05, 0.1) is 22.6 Å². The Kier molecular flexibility index (Phi) is 4.28. The third-order valence-electron chi connectivity index (χ3n) is 2.30. The van der Waals surface area contributed by atoms with Gasteiger partial charge in [0.2, 0.25) is 0 Å². The number of hydrogen-bond donors (Lipinski definition) is 2. The molecule has 0 aliphatic rings. The van der Waals surface area contributed by atoms with Crippen LogP contribution in [-0.4, -0.2) is 34.2 Å². The van der Waals surface area contributed by atoms with Crippen molar-refractivity contribution in [3.63, 3.8) is 0 Å². The second-order valence-corrected chi connectivity index (χ2v) is 3.82. The van der Waals surface area contributed by atoms with E-state index in [4.69, 9.17) is 26.6 Å². The summed E-state index contributed by atoms with van der Waals surface area (Å²) in [4.78, 5) is 31.8. The smallest absolute Gasteiger partial charge is 0.322 e. The van der Waals surface area contributed by atoms with Crippen LogP contribution in [-0.2, 0) is 9.59 Å². The maximum atomic E-state index is 10.9. The predicted octanol–water partition coefficient (Wildman–Crippen LogP) is 1.51. The molecule has 1 aromatic rings. The number of rotatable bonds is 5. The number of nitrogens with zero attached hydrogens (tertiary/aromatic N) is 1. The fourth-order valence-corrected chi connectivity index (χ4v) is 1.71. The zero-order valence-electron chi connectivity index (χ0n) is 9.49. The van der Waals surface area contributed by atoms with Gasteiger partial charge in [-0.05, 0) is 6.07 Å². The lowest BCUT2D eigenvalue weighted by atomic mass is 9.97. The minimum Gasteiger partial charge on any atom is -0.495 e. The first-order valence-corrected chi connectivity index (χ1v) is 5.14. The lowest BCUT2D eigenvalue weighted by Gasteiger charge is -2.11. The Morgan fingerprint density at radius 2 is 1.89 bits per heavy atom. The number of halogens is 1. The average Bonchev–Trinajstić information content (AvgIpc) is 2.29. The van der Waals surface area contributed by atoms with Gasteiger partial charge in [-0.25, -0.2) is 0 Å². The number of carbonyl (C=O) groups is 2. The molecule has 9 heteroatoms. The lowest BCUT2D eigenvalue weighted by molar-refractivity contribution is -0.385. The number of aliphatic carboxylic acids is 2. The van der Waals surface area contributed by atoms with Crippen LogP contribution >= 0.6 is 11.6 Å². The average molecular weight is 290 g/mol. The van der Waals surface area contributed by atoms with Crippen molar-refractivity contribution < 1.29 is 29.5 Å². The summed E-state index contributed by atoms with van der Waals surface area (Å²) in [5.74, 6) is -5.57. The summed E-state index contributed by atoms with van der Waals surface area (Å²) in [5, 5.41) is 28.4. The summed E-state index contributed by atoms with van der Waals surface area (Å²) in [5.41, 5.74) is -1.20. The third kappa shape index (κ3) is 2.91. The van der Waals surface area contributed by atoms with Gasteiger partial charge in [0.1, 0.15) is 5.75 Å². The molecule has 19 heavy (non-hydrogen) atoms. The van der Waals surface area contributed by atoms with Crippen LogP contribution in [0, 0.1) is 10.1 Å². The highest BCUT2D eigenvalue weighted by atomic mass is 35.5. The molecular weight excluding hydrogens is 282 g/mol. The Morgan fingerprint density at radius 1 is 1.37 bits per heavy atom. The Labute approximate surface area is 111 Å².